The molecular weight excluding hydrogens is 571 g/mol. The number of hydrogen-bond acceptors (Lipinski definition) is 8. The molecule has 2 aliphatic rings. The molecule has 2 fully saturated rings. The van der Waals surface area contributed by atoms with Crippen LogP contribution >= 0.6 is 11.6 Å². The number of rotatable bonds is 6. The maximum Gasteiger partial charge on any atom is 0.273 e. The number of benzene rings is 1. The Balaban J connectivity index is 1.81. The van der Waals surface area contributed by atoms with E-state index in [-0.39, 0.29) is 69.8 Å². The fraction of sp³-hybridized carbons (Fsp3) is 0.393. The van der Waals surface area contributed by atoms with Gasteiger partial charge in [-0.1, -0.05) is 24.2 Å². The molecule has 41 heavy (non-hydrogen) atoms. The topological polar surface area (TPSA) is 122 Å². The molecule has 3 aromatic rings. The van der Waals surface area contributed by atoms with E-state index in [0.29, 0.717) is 18.5 Å². The van der Waals surface area contributed by atoms with E-state index in [9.17, 15) is 18.0 Å². The van der Waals surface area contributed by atoms with Crippen molar-refractivity contribution in [3.63, 3.8) is 0 Å². The van der Waals surface area contributed by atoms with Crippen molar-refractivity contribution in [2.45, 2.75) is 30.3 Å². The van der Waals surface area contributed by atoms with E-state index >= 15 is 4.39 Å². The second-order valence-corrected chi connectivity index (χ2v) is 12.9. The second kappa shape index (κ2) is 11.1. The van der Waals surface area contributed by atoms with Gasteiger partial charge < -0.3 is 20.4 Å². The Hall–Kier alpha value is -3.48. The number of nitrogen functional groups attached to an aromatic ring is 1. The fourth-order valence-corrected chi connectivity index (χ4v) is 7.05. The van der Waals surface area contributed by atoms with Gasteiger partial charge in [-0.25, -0.2) is 17.8 Å². The van der Waals surface area contributed by atoms with Crippen LogP contribution in [0.25, 0.3) is 22.3 Å². The zero-order valence-corrected chi connectivity index (χ0v) is 24.5. The van der Waals surface area contributed by atoms with Gasteiger partial charge in [0.1, 0.15) is 11.5 Å². The number of fused-ring (bicyclic) bond motifs is 1. The summed E-state index contributed by atoms with van der Waals surface area (Å²) in [6.45, 7) is 5.71. The Bertz CT molecular complexity index is 1700. The summed E-state index contributed by atoms with van der Waals surface area (Å²) in [6.07, 6.45) is 4.00. The number of nitrogens with two attached hydrogens (primary N) is 1. The highest BCUT2D eigenvalue weighted by molar-refractivity contribution is 7.90. The quantitative estimate of drug-likeness (QED) is 0.338. The summed E-state index contributed by atoms with van der Waals surface area (Å²) >= 11 is 6.72. The van der Waals surface area contributed by atoms with Gasteiger partial charge in [0.2, 0.25) is 5.91 Å². The average Bonchev–Trinajstić information content (AvgIpc) is 3.33. The van der Waals surface area contributed by atoms with Crippen LogP contribution in [0.1, 0.15) is 12.8 Å². The minimum atomic E-state index is -4.03. The molecule has 0 radical (unpaired) electrons. The van der Waals surface area contributed by atoms with E-state index in [0.717, 1.165) is 25.6 Å². The Morgan fingerprint density at radius 2 is 1.95 bits per heavy atom. The van der Waals surface area contributed by atoms with Crippen molar-refractivity contribution in [1.82, 2.24) is 19.4 Å². The van der Waals surface area contributed by atoms with Crippen molar-refractivity contribution < 1.29 is 17.6 Å². The minimum absolute atomic E-state index is 0.00155. The number of likely N-dealkylation sites (N-methyl/N-ethyl adjacent to an activating group) is 1. The van der Waals surface area contributed by atoms with E-state index in [4.69, 9.17) is 22.3 Å². The van der Waals surface area contributed by atoms with Crippen LogP contribution in [-0.4, -0.2) is 85.7 Å². The monoisotopic (exact) mass is 602 g/mol. The molecule has 0 spiro atoms. The van der Waals surface area contributed by atoms with Gasteiger partial charge in [0.05, 0.1) is 22.0 Å². The molecule has 1 aromatic carbocycles. The number of carbonyl (C=O) groups is 1. The number of likely N-dealkylation sites (tertiary alicyclic amines) is 1. The second-order valence-electron chi connectivity index (χ2n) is 10.6. The lowest BCUT2D eigenvalue weighted by atomic mass is 10.1. The standard InChI is InChI=1S/C28H32ClFN6O4S/c1-4-22(37)34-11-13-35(14-12-34)25-18-15-19(29)24(23-20(30)8-5-9-21(23)31)32-27(18)36(16-17-7-6-10-33(17)2)28(38)26(25)41(3,39)40/h4-5,8-9,15,17H,1,6-7,10-14,16,31H2,2-3H3/t17-/m0/s1. The third-order valence-electron chi connectivity index (χ3n) is 7.92. The Morgan fingerprint density at radius 3 is 2.54 bits per heavy atom. The first-order chi connectivity index (χ1) is 19.4. The Morgan fingerprint density at radius 1 is 1.24 bits per heavy atom. The number of aromatic nitrogens is 2. The molecule has 2 N–H and O–H groups in total. The first-order valence-corrected chi connectivity index (χ1v) is 15.6. The van der Waals surface area contributed by atoms with Crippen LogP contribution in [0.15, 0.2) is 46.6 Å². The SMILES string of the molecule is C=CC(=O)N1CCN(c2c(S(C)(=O)=O)c(=O)n(C[C@@H]3CCCN3C)c3nc(-c4c(N)cccc4F)c(Cl)cc23)CC1. The predicted octanol–water partition coefficient (Wildman–Crippen LogP) is 2.77. The van der Waals surface area contributed by atoms with Crippen molar-refractivity contribution in [3.05, 3.63) is 58.1 Å². The van der Waals surface area contributed by atoms with Gasteiger partial charge in [-0.2, -0.15) is 0 Å². The number of pyridine rings is 2. The number of piperazine rings is 1. The summed E-state index contributed by atoms with van der Waals surface area (Å²) in [7, 11) is -2.08. The number of sulfone groups is 1. The van der Waals surface area contributed by atoms with Gasteiger partial charge in [0.25, 0.3) is 5.56 Å². The molecule has 10 nitrogen and oxygen atoms in total. The van der Waals surface area contributed by atoms with E-state index in [1.165, 1.54) is 34.9 Å². The lowest BCUT2D eigenvalue weighted by molar-refractivity contribution is -0.126. The Labute approximate surface area is 242 Å². The van der Waals surface area contributed by atoms with Gasteiger partial charge in [0.15, 0.2) is 14.7 Å². The van der Waals surface area contributed by atoms with Gasteiger partial charge in [-0.3, -0.25) is 14.2 Å². The molecule has 0 bridgehead atoms. The summed E-state index contributed by atoms with van der Waals surface area (Å²) in [6, 6.07) is 5.76. The Kier molecular flexibility index (Phi) is 7.84. The predicted molar refractivity (Wildman–Crippen MR) is 159 cm³/mol. The molecule has 218 valence electrons. The molecule has 2 aliphatic heterocycles. The first-order valence-electron chi connectivity index (χ1n) is 13.3. The molecule has 1 atom stereocenters. The van der Waals surface area contributed by atoms with Crippen LogP contribution in [0, 0.1) is 5.82 Å². The molecule has 0 unspecified atom stereocenters. The van der Waals surface area contributed by atoms with Crippen molar-refractivity contribution >= 4 is 49.8 Å². The molecule has 4 heterocycles. The molecule has 2 saturated heterocycles. The molecule has 13 heteroatoms. The summed E-state index contributed by atoms with van der Waals surface area (Å²) < 4.78 is 42.9. The molecule has 0 saturated carbocycles. The number of hydrogen-bond donors (Lipinski definition) is 1. The first kappa shape index (κ1) is 29.0. The number of carbonyl (C=O) groups excluding carboxylic acids is 1. The highest BCUT2D eigenvalue weighted by Gasteiger charge is 2.33. The van der Waals surface area contributed by atoms with Crippen molar-refractivity contribution in [2.75, 3.05) is 56.7 Å². The number of halogens is 2. The number of anilines is 2. The maximum absolute atomic E-state index is 15.0. The lowest BCUT2D eigenvalue weighted by Crippen LogP contribution is -2.49. The zero-order valence-electron chi connectivity index (χ0n) is 22.9. The van der Waals surface area contributed by atoms with Crippen LogP contribution in [-0.2, 0) is 21.2 Å². The van der Waals surface area contributed by atoms with Crippen molar-refractivity contribution in [3.8, 4) is 11.3 Å². The third-order valence-corrected chi connectivity index (χ3v) is 9.32. The summed E-state index contributed by atoms with van der Waals surface area (Å²) in [5.41, 5.74) is 5.96. The van der Waals surface area contributed by atoms with Crippen LogP contribution in [0.2, 0.25) is 5.02 Å². The highest BCUT2D eigenvalue weighted by atomic mass is 35.5. The van der Waals surface area contributed by atoms with Crippen LogP contribution in [0.4, 0.5) is 15.8 Å². The summed E-state index contributed by atoms with van der Waals surface area (Å²) in [5.74, 6) is -0.857. The normalized spacial score (nSPS) is 18.3. The average molecular weight is 603 g/mol. The molecule has 5 rings (SSSR count). The van der Waals surface area contributed by atoms with Crippen LogP contribution in [0.3, 0.4) is 0 Å². The fourth-order valence-electron chi connectivity index (χ4n) is 5.79. The largest absolute Gasteiger partial charge is 0.398 e. The zero-order chi connectivity index (χ0) is 29.6. The molecule has 0 aliphatic carbocycles. The van der Waals surface area contributed by atoms with E-state index in [1.54, 1.807) is 9.80 Å². The molecular formula is C28H32ClFN6O4S. The van der Waals surface area contributed by atoms with E-state index < -0.39 is 21.2 Å². The van der Waals surface area contributed by atoms with E-state index in [1.807, 2.05) is 7.05 Å². The third kappa shape index (κ3) is 5.31. The molecule has 1 amide bonds. The maximum atomic E-state index is 15.0. The highest BCUT2D eigenvalue weighted by Crippen LogP contribution is 2.39. The molecule has 2 aromatic heterocycles. The van der Waals surface area contributed by atoms with Gasteiger partial charge >= 0.3 is 0 Å². The van der Waals surface area contributed by atoms with Crippen molar-refractivity contribution in [1.29, 1.82) is 0 Å². The van der Waals surface area contributed by atoms with Crippen LogP contribution in [0.5, 0.6) is 0 Å². The minimum Gasteiger partial charge on any atom is -0.398 e. The summed E-state index contributed by atoms with van der Waals surface area (Å²) in [5, 5.41) is 0.400. The van der Waals surface area contributed by atoms with Gasteiger partial charge in [0, 0.05) is 56.1 Å². The van der Waals surface area contributed by atoms with Gasteiger partial charge in [-0.05, 0) is 50.7 Å². The number of amides is 1. The van der Waals surface area contributed by atoms with E-state index in [2.05, 4.69) is 11.5 Å². The summed E-state index contributed by atoms with van der Waals surface area (Å²) in [4.78, 5) is 36.2. The number of nitrogens with zero attached hydrogens (tertiary/aromatic N) is 5. The van der Waals surface area contributed by atoms with Gasteiger partial charge in [-0.15, -0.1) is 0 Å². The van der Waals surface area contributed by atoms with Crippen molar-refractivity contribution in [2.24, 2.45) is 0 Å². The van der Waals surface area contributed by atoms with Crippen LogP contribution < -0.4 is 16.2 Å². The smallest absolute Gasteiger partial charge is 0.273 e. The lowest BCUT2D eigenvalue weighted by Gasteiger charge is -2.37.